The molecule has 0 spiro atoms. The average molecular weight is 369 g/mol. The summed E-state index contributed by atoms with van der Waals surface area (Å²) in [6, 6.07) is 3.48. The Hall–Kier alpha value is -2.01. The van der Waals surface area contributed by atoms with Crippen molar-refractivity contribution in [1.82, 2.24) is 14.3 Å². The maximum absolute atomic E-state index is 12.7. The van der Waals surface area contributed by atoms with E-state index in [4.69, 9.17) is 9.47 Å². The molecule has 0 unspecified atom stereocenters. The molecule has 10 heteroatoms. The van der Waals surface area contributed by atoms with Crippen molar-refractivity contribution in [1.29, 1.82) is 0 Å². The van der Waals surface area contributed by atoms with E-state index in [2.05, 4.69) is 9.71 Å². The molecule has 0 bridgehead atoms. The Balaban J connectivity index is 2.00. The smallest absolute Gasteiger partial charge is 0.328 e. The lowest BCUT2D eigenvalue weighted by molar-refractivity contribution is -0.0305. The van der Waals surface area contributed by atoms with Gasteiger partial charge in [0, 0.05) is 20.8 Å². The second kappa shape index (κ2) is 6.71. The summed E-state index contributed by atoms with van der Waals surface area (Å²) in [7, 11) is -1.04. The Morgan fingerprint density at radius 2 is 2.12 bits per heavy atom. The first-order valence-corrected chi connectivity index (χ1v) is 9.18. The molecule has 1 aliphatic rings. The highest BCUT2D eigenvalue weighted by molar-refractivity contribution is 7.89. The molecule has 0 saturated carbocycles. The van der Waals surface area contributed by atoms with Crippen molar-refractivity contribution in [2.75, 3.05) is 20.3 Å². The summed E-state index contributed by atoms with van der Waals surface area (Å²) in [5.74, 6) is 0. The highest BCUT2D eigenvalue weighted by Gasteiger charge is 2.30. The fraction of sp³-hybridized carbons (Fsp3) is 0.467. The van der Waals surface area contributed by atoms with E-state index in [1.165, 1.54) is 32.4 Å². The quantitative estimate of drug-likeness (QED) is 0.736. The van der Waals surface area contributed by atoms with E-state index in [1.54, 1.807) is 0 Å². The van der Waals surface area contributed by atoms with Crippen molar-refractivity contribution in [2.45, 2.75) is 23.5 Å². The summed E-state index contributed by atoms with van der Waals surface area (Å²) in [5.41, 5.74) is -0.845. The number of rotatable bonds is 4. The summed E-state index contributed by atoms with van der Waals surface area (Å²) in [5, 5.41) is 0.119. The Morgan fingerprint density at radius 1 is 1.36 bits per heavy atom. The van der Waals surface area contributed by atoms with Crippen LogP contribution in [-0.4, -0.2) is 50.4 Å². The SMILES string of the molecule is CO[C@@H]1CCOC[C@H]1NS(=O)(=O)c1ccc2[nH]c(=O)n(C)c(=O)c2c1. The maximum Gasteiger partial charge on any atom is 0.328 e. The number of benzene rings is 1. The molecular weight excluding hydrogens is 350 g/mol. The van der Waals surface area contributed by atoms with Crippen LogP contribution < -0.4 is 16.0 Å². The second-order valence-corrected chi connectivity index (χ2v) is 7.58. The van der Waals surface area contributed by atoms with Crippen LogP contribution in [0, 0.1) is 0 Å². The van der Waals surface area contributed by atoms with Crippen molar-refractivity contribution in [2.24, 2.45) is 7.05 Å². The molecule has 3 rings (SSSR count). The minimum Gasteiger partial charge on any atom is -0.380 e. The van der Waals surface area contributed by atoms with Crippen LogP contribution >= 0.6 is 0 Å². The lowest BCUT2D eigenvalue weighted by Gasteiger charge is -2.30. The van der Waals surface area contributed by atoms with Gasteiger partial charge in [0.05, 0.1) is 34.6 Å². The summed E-state index contributed by atoms with van der Waals surface area (Å²) in [6.45, 7) is 0.719. The third-order valence-electron chi connectivity index (χ3n) is 4.28. The fourth-order valence-corrected chi connectivity index (χ4v) is 4.10. The largest absolute Gasteiger partial charge is 0.380 e. The Labute approximate surface area is 143 Å². The highest BCUT2D eigenvalue weighted by Crippen LogP contribution is 2.17. The van der Waals surface area contributed by atoms with Crippen LogP contribution in [0.5, 0.6) is 0 Å². The van der Waals surface area contributed by atoms with Crippen LogP contribution in [0.25, 0.3) is 10.9 Å². The molecule has 1 aromatic heterocycles. The predicted octanol–water partition coefficient (Wildman–Crippen LogP) is -0.691. The van der Waals surface area contributed by atoms with Crippen LogP contribution in [0.15, 0.2) is 32.7 Å². The van der Waals surface area contributed by atoms with E-state index < -0.39 is 27.3 Å². The number of ether oxygens (including phenoxy) is 2. The van der Waals surface area contributed by atoms with Crippen molar-refractivity contribution < 1.29 is 17.9 Å². The molecule has 1 fully saturated rings. The van der Waals surface area contributed by atoms with Gasteiger partial charge in [0.15, 0.2) is 0 Å². The van der Waals surface area contributed by atoms with E-state index in [0.29, 0.717) is 13.0 Å². The molecule has 2 heterocycles. The first kappa shape index (κ1) is 17.8. The molecule has 2 atom stereocenters. The number of hydrogen-bond donors (Lipinski definition) is 2. The topological polar surface area (TPSA) is 119 Å². The maximum atomic E-state index is 12.7. The van der Waals surface area contributed by atoms with Gasteiger partial charge in [0.1, 0.15) is 0 Å². The highest BCUT2D eigenvalue weighted by atomic mass is 32.2. The molecule has 2 N–H and O–H groups in total. The van der Waals surface area contributed by atoms with Crippen LogP contribution in [-0.2, 0) is 26.5 Å². The zero-order valence-corrected chi connectivity index (χ0v) is 14.6. The number of aromatic amines is 1. The van der Waals surface area contributed by atoms with E-state index in [-0.39, 0.29) is 28.5 Å². The third kappa shape index (κ3) is 3.38. The average Bonchev–Trinajstić information content (AvgIpc) is 2.59. The van der Waals surface area contributed by atoms with Gasteiger partial charge in [-0.1, -0.05) is 0 Å². The zero-order chi connectivity index (χ0) is 18.2. The molecule has 25 heavy (non-hydrogen) atoms. The number of methoxy groups -OCH3 is 1. The Morgan fingerprint density at radius 3 is 2.84 bits per heavy atom. The van der Waals surface area contributed by atoms with E-state index in [9.17, 15) is 18.0 Å². The molecule has 0 radical (unpaired) electrons. The Kier molecular flexibility index (Phi) is 4.78. The molecule has 1 aliphatic heterocycles. The van der Waals surface area contributed by atoms with Gasteiger partial charge in [0.2, 0.25) is 10.0 Å². The minimum absolute atomic E-state index is 0.0652. The molecule has 0 aliphatic carbocycles. The number of H-pyrrole nitrogens is 1. The molecule has 1 aromatic carbocycles. The minimum atomic E-state index is -3.88. The van der Waals surface area contributed by atoms with E-state index in [1.807, 2.05) is 0 Å². The van der Waals surface area contributed by atoms with Crippen molar-refractivity contribution in [3.05, 3.63) is 39.0 Å². The first-order valence-electron chi connectivity index (χ1n) is 7.69. The summed E-state index contributed by atoms with van der Waals surface area (Å²) >= 11 is 0. The lowest BCUT2D eigenvalue weighted by atomic mass is 10.1. The summed E-state index contributed by atoms with van der Waals surface area (Å²) in [6.07, 6.45) is 0.302. The monoisotopic (exact) mass is 369 g/mol. The normalized spacial score (nSPS) is 21.5. The molecule has 2 aromatic rings. The second-order valence-electron chi connectivity index (χ2n) is 5.87. The molecule has 136 valence electrons. The van der Waals surface area contributed by atoms with Crippen LogP contribution in [0.3, 0.4) is 0 Å². The number of aromatic nitrogens is 2. The standard InChI is InChI=1S/C15H19N3O6S/c1-18-14(19)10-7-9(3-4-11(10)16-15(18)20)25(21,22)17-12-8-24-6-5-13(12)23-2/h3-4,7,12-13,17H,5-6,8H2,1-2H3,(H,16,20)/t12-,13-/m1/s1. The van der Waals surface area contributed by atoms with Crippen LogP contribution in [0.1, 0.15) is 6.42 Å². The number of nitrogens with one attached hydrogen (secondary N) is 2. The van der Waals surface area contributed by atoms with Gasteiger partial charge >= 0.3 is 5.69 Å². The predicted molar refractivity (Wildman–Crippen MR) is 90.2 cm³/mol. The van der Waals surface area contributed by atoms with Gasteiger partial charge in [0.25, 0.3) is 5.56 Å². The molecule has 0 amide bonds. The number of hydrogen-bond acceptors (Lipinski definition) is 6. The molecule has 9 nitrogen and oxygen atoms in total. The number of fused-ring (bicyclic) bond motifs is 1. The summed E-state index contributed by atoms with van der Waals surface area (Å²) < 4.78 is 39.4. The van der Waals surface area contributed by atoms with Gasteiger partial charge in [-0.25, -0.2) is 17.9 Å². The van der Waals surface area contributed by atoms with Crippen molar-refractivity contribution in [3.63, 3.8) is 0 Å². The number of sulfonamides is 1. The van der Waals surface area contributed by atoms with Gasteiger partial charge in [-0.05, 0) is 24.6 Å². The van der Waals surface area contributed by atoms with Gasteiger partial charge in [-0.3, -0.25) is 9.36 Å². The summed E-state index contributed by atoms with van der Waals surface area (Å²) in [4.78, 5) is 26.3. The van der Waals surface area contributed by atoms with Gasteiger partial charge < -0.3 is 14.5 Å². The molecular formula is C15H19N3O6S. The zero-order valence-electron chi connectivity index (χ0n) is 13.8. The van der Waals surface area contributed by atoms with Crippen molar-refractivity contribution >= 4 is 20.9 Å². The van der Waals surface area contributed by atoms with Crippen molar-refractivity contribution in [3.8, 4) is 0 Å². The molecule has 1 saturated heterocycles. The van der Waals surface area contributed by atoms with E-state index >= 15 is 0 Å². The van der Waals surface area contributed by atoms with Crippen LogP contribution in [0.4, 0.5) is 0 Å². The van der Waals surface area contributed by atoms with Crippen LogP contribution in [0.2, 0.25) is 0 Å². The van der Waals surface area contributed by atoms with Gasteiger partial charge in [-0.2, -0.15) is 0 Å². The van der Waals surface area contributed by atoms with Gasteiger partial charge in [-0.15, -0.1) is 0 Å². The third-order valence-corrected chi connectivity index (χ3v) is 5.77. The number of nitrogens with zero attached hydrogens (tertiary/aromatic N) is 1. The lowest BCUT2D eigenvalue weighted by Crippen LogP contribution is -2.50. The fourth-order valence-electron chi connectivity index (χ4n) is 2.83. The Bertz CT molecular complexity index is 1010. The first-order chi connectivity index (χ1) is 11.8. The van der Waals surface area contributed by atoms with E-state index in [0.717, 1.165) is 4.57 Å².